The molecule has 2 aromatic rings. The van der Waals surface area contributed by atoms with Gasteiger partial charge < -0.3 is 0 Å². The summed E-state index contributed by atoms with van der Waals surface area (Å²) < 4.78 is 0. The smallest absolute Gasteiger partial charge is 0 e. The van der Waals surface area contributed by atoms with E-state index in [0.29, 0.717) is 5.92 Å². The van der Waals surface area contributed by atoms with E-state index in [1.807, 2.05) is 0 Å². The molecule has 0 aromatic heterocycles. The van der Waals surface area contributed by atoms with Gasteiger partial charge in [0.1, 0.15) is 0 Å². The quantitative estimate of drug-likeness (QED) is 0.502. The van der Waals surface area contributed by atoms with Gasteiger partial charge in [-0.1, -0.05) is 32.4 Å². The van der Waals surface area contributed by atoms with Crippen molar-refractivity contribution in [2.45, 2.75) is 26.7 Å². The molecule has 0 bridgehead atoms. The Balaban J connectivity index is 0.000000980. The van der Waals surface area contributed by atoms with Crippen LogP contribution in [0.1, 0.15) is 30.9 Å². The Morgan fingerprint density at radius 3 is 2.57 bits per heavy atom. The molecule has 0 aliphatic heterocycles. The van der Waals surface area contributed by atoms with Crippen molar-refractivity contribution in [3.8, 4) is 0 Å². The van der Waals surface area contributed by atoms with Gasteiger partial charge in [-0.2, -0.15) is 6.07 Å². The van der Waals surface area contributed by atoms with Gasteiger partial charge in [0.2, 0.25) is 0 Å². The van der Waals surface area contributed by atoms with Crippen LogP contribution < -0.4 is 0 Å². The number of aryl methyl sites for hydroxylation is 1. The van der Waals surface area contributed by atoms with Gasteiger partial charge in [0, 0.05) is 21.7 Å². The standard InChI is InChI=1S/C13H15.Ti/c1-9(2)12-6-4-5-11-7-10(3)8-13(11)12;/h4-9H,1-3H3;/q-1;. The molecule has 0 radical (unpaired) electrons. The van der Waals surface area contributed by atoms with Crippen LogP contribution in [0.5, 0.6) is 0 Å². The van der Waals surface area contributed by atoms with Crippen LogP contribution >= 0.6 is 0 Å². The van der Waals surface area contributed by atoms with Crippen molar-refractivity contribution in [1.82, 2.24) is 0 Å². The first-order chi connectivity index (χ1) is 6.18. The molecule has 14 heavy (non-hydrogen) atoms. The predicted molar refractivity (Wildman–Crippen MR) is 58.4 cm³/mol. The molecule has 0 N–H and O–H groups in total. The van der Waals surface area contributed by atoms with E-state index in [1.165, 1.54) is 21.9 Å². The Labute approximate surface area is 101 Å². The van der Waals surface area contributed by atoms with Crippen LogP contribution in [0.2, 0.25) is 0 Å². The summed E-state index contributed by atoms with van der Waals surface area (Å²) in [5.74, 6) is 0.616. The van der Waals surface area contributed by atoms with Gasteiger partial charge in [0.25, 0.3) is 0 Å². The molecule has 0 amide bonds. The van der Waals surface area contributed by atoms with Gasteiger partial charge in [-0.25, -0.2) is 0 Å². The van der Waals surface area contributed by atoms with Gasteiger partial charge in [0.15, 0.2) is 0 Å². The molecule has 0 fully saturated rings. The Morgan fingerprint density at radius 2 is 1.93 bits per heavy atom. The first kappa shape index (κ1) is 11.6. The summed E-state index contributed by atoms with van der Waals surface area (Å²) in [4.78, 5) is 0. The molecule has 0 aliphatic carbocycles. The van der Waals surface area contributed by atoms with E-state index in [-0.39, 0.29) is 21.7 Å². The number of rotatable bonds is 1. The van der Waals surface area contributed by atoms with E-state index >= 15 is 0 Å². The fourth-order valence-corrected chi connectivity index (χ4v) is 1.91. The molecule has 2 rings (SSSR count). The van der Waals surface area contributed by atoms with E-state index in [4.69, 9.17) is 0 Å². The maximum Gasteiger partial charge on any atom is 0 e. The topological polar surface area (TPSA) is 0 Å². The normalized spacial score (nSPS) is 10.6. The zero-order valence-corrected chi connectivity index (χ0v) is 10.5. The van der Waals surface area contributed by atoms with Crippen molar-refractivity contribution in [3.05, 3.63) is 41.5 Å². The number of hydrogen-bond acceptors (Lipinski definition) is 0. The van der Waals surface area contributed by atoms with Crippen LogP contribution in [0, 0.1) is 6.92 Å². The maximum atomic E-state index is 2.28. The van der Waals surface area contributed by atoms with Crippen molar-refractivity contribution in [1.29, 1.82) is 0 Å². The molecular weight excluding hydrogens is 204 g/mol. The molecule has 0 heterocycles. The zero-order valence-electron chi connectivity index (χ0n) is 8.96. The Morgan fingerprint density at radius 1 is 1.21 bits per heavy atom. The third kappa shape index (κ3) is 1.97. The summed E-state index contributed by atoms with van der Waals surface area (Å²) in [6.07, 6.45) is 0. The molecule has 0 saturated heterocycles. The van der Waals surface area contributed by atoms with E-state index in [9.17, 15) is 0 Å². The van der Waals surface area contributed by atoms with Gasteiger partial charge >= 0.3 is 0 Å². The molecule has 0 nitrogen and oxygen atoms in total. The third-order valence-corrected chi connectivity index (χ3v) is 2.55. The largest absolute Gasteiger partial charge is 0.165 e. The van der Waals surface area contributed by atoms with Crippen molar-refractivity contribution >= 4 is 10.8 Å². The Bertz CT molecular complexity index is 424. The van der Waals surface area contributed by atoms with Crippen molar-refractivity contribution in [3.63, 3.8) is 0 Å². The van der Waals surface area contributed by atoms with Gasteiger partial charge in [-0.05, 0) is 5.92 Å². The van der Waals surface area contributed by atoms with Gasteiger partial charge in [-0.15, -0.1) is 34.5 Å². The Hall–Kier alpha value is -0.456. The molecule has 72 valence electrons. The van der Waals surface area contributed by atoms with Crippen molar-refractivity contribution in [2.24, 2.45) is 0 Å². The fraction of sp³-hybridized carbons (Fsp3) is 0.308. The minimum atomic E-state index is 0. The first-order valence-electron chi connectivity index (χ1n) is 4.84. The van der Waals surface area contributed by atoms with Crippen LogP contribution in [0.3, 0.4) is 0 Å². The number of fused-ring (bicyclic) bond motifs is 1. The fourth-order valence-electron chi connectivity index (χ4n) is 1.91. The summed E-state index contributed by atoms with van der Waals surface area (Å²) in [5, 5.41) is 2.80. The summed E-state index contributed by atoms with van der Waals surface area (Å²) in [6, 6.07) is 11.1. The zero-order chi connectivity index (χ0) is 9.42. The third-order valence-electron chi connectivity index (χ3n) is 2.55. The molecule has 1 heteroatoms. The minimum Gasteiger partial charge on any atom is -0.165 e. The van der Waals surface area contributed by atoms with E-state index in [1.54, 1.807) is 0 Å². The predicted octanol–water partition coefficient (Wildman–Crippen LogP) is 3.99. The van der Waals surface area contributed by atoms with Crippen LogP contribution in [-0.2, 0) is 21.7 Å². The molecular formula is C13H15Ti-. The summed E-state index contributed by atoms with van der Waals surface area (Å²) in [7, 11) is 0. The maximum absolute atomic E-state index is 2.28. The van der Waals surface area contributed by atoms with Crippen LogP contribution in [0.25, 0.3) is 10.8 Å². The number of benzene rings is 1. The second kappa shape index (κ2) is 4.38. The molecule has 0 saturated carbocycles. The Kier molecular flexibility index (Phi) is 3.63. The van der Waals surface area contributed by atoms with E-state index < -0.39 is 0 Å². The monoisotopic (exact) mass is 219 g/mol. The van der Waals surface area contributed by atoms with E-state index in [0.717, 1.165) is 0 Å². The van der Waals surface area contributed by atoms with Crippen molar-refractivity contribution < 1.29 is 21.7 Å². The second-order valence-corrected chi connectivity index (χ2v) is 4.04. The SMILES string of the molecule is Cc1cc2c(C(C)C)cccc2[cH-]1.[Ti]. The molecule has 0 aliphatic rings. The number of hydrogen-bond donors (Lipinski definition) is 0. The van der Waals surface area contributed by atoms with Crippen molar-refractivity contribution in [2.75, 3.05) is 0 Å². The van der Waals surface area contributed by atoms with Crippen LogP contribution in [-0.4, -0.2) is 0 Å². The van der Waals surface area contributed by atoms with Gasteiger partial charge in [0.05, 0.1) is 0 Å². The minimum absolute atomic E-state index is 0. The van der Waals surface area contributed by atoms with Gasteiger partial charge in [-0.3, -0.25) is 0 Å². The molecule has 2 aromatic carbocycles. The van der Waals surface area contributed by atoms with Crippen LogP contribution in [0.15, 0.2) is 30.3 Å². The van der Waals surface area contributed by atoms with Crippen LogP contribution in [0.4, 0.5) is 0 Å². The summed E-state index contributed by atoms with van der Waals surface area (Å²) in [6.45, 7) is 6.65. The second-order valence-electron chi connectivity index (χ2n) is 4.04. The average Bonchev–Trinajstić information content (AvgIpc) is 2.43. The first-order valence-corrected chi connectivity index (χ1v) is 4.84. The molecule has 0 spiro atoms. The molecule has 0 atom stereocenters. The average molecular weight is 219 g/mol. The van der Waals surface area contributed by atoms with E-state index in [2.05, 4.69) is 51.1 Å². The molecule has 0 unspecified atom stereocenters. The summed E-state index contributed by atoms with van der Waals surface area (Å²) in [5.41, 5.74) is 2.83. The summed E-state index contributed by atoms with van der Waals surface area (Å²) >= 11 is 0.